The summed E-state index contributed by atoms with van der Waals surface area (Å²) < 4.78 is 20.3. The molecular formula is C22H31ClN2O7. The van der Waals surface area contributed by atoms with Gasteiger partial charge >= 0.3 is 18.4 Å². The van der Waals surface area contributed by atoms with E-state index in [9.17, 15) is 14.4 Å². The van der Waals surface area contributed by atoms with Crippen molar-refractivity contribution >= 4 is 41.0 Å². The van der Waals surface area contributed by atoms with E-state index >= 15 is 0 Å². The molecule has 32 heavy (non-hydrogen) atoms. The molecule has 0 amide bonds. The summed E-state index contributed by atoms with van der Waals surface area (Å²) in [5.41, 5.74) is -0.639. The number of halogens is 1. The monoisotopic (exact) mass is 470 g/mol. The first-order chi connectivity index (χ1) is 14.4. The number of carbonyl (C=O) groups is 3. The van der Waals surface area contributed by atoms with E-state index in [4.69, 9.17) is 25.8 Å². The van der Waals surface area contributed by atoms with E-state index < -0.39 is 35.2 Å². The van der Waals surface area contributed by atoms with Crippen LogP contribution in [-0.4, -0.2) is 44.8 Å². The molecule has 0 saturated heterocycles. The second kappa shape index (κ2) is 10.2. The summed E-state index contributed by atoms with van der Waals surface area (Å²) >= 11 is 5.94. The van der Waals surface area contributed by atoms with Crippen LogP contribution in [0, 0.1) is 0 Å². The molecule has 0 radical (unpaired) electrons. The Labute approximate surface area is 192 Å². The average molecular weight is 471 g/mol. The lowest BCUT2D eigenvalue weighted by Crippen LogP contribution is -2.29. The van der Waals surface area contributed by atoms with Crippen molar-refractivity contribution in [1.29, 1.82) is 0 Å². The van der Waals surface area contributed by atoms with E-state index in [-0.39, 0.29) is 5.28 Å². The molecule has 1 heterocycles. The molecular weight excluding hydrogens is 440 g/mol. The van der Waals surface area contributed by atoms with Gasteiger partial charge in [-0.25, -0.2) is 23.9 Å². The third-order valence-electron chi connectivity index (χ3n) is 3.04. The van der Waals surface area contributed by atoms with Crippen LogP contribution in [0.15, 0.2) is 24.3 Å². The van der Waals surface area contributed by atoms with Gasteiger partial charge in [0, 0.05) is 0 Å². The van der Waals surface area contributed by atoms with Gasteiger partial charge in [-0.1, -0.05) is 12.1 Å². The van der Waals surface area contributed by atoms with Gasteiger partial charge in [0.25, 0.3) is 0 Å². The normalized spacial score (nSPS) is 11.8. The van der Waals surface area contributed by atoms with Gasteiger partial charge in [0.05, 0.1) is 11.0 Å². The van der Waals surface area contributed by atoms with Crippen LogP contribution in [0.1, 0.15) is 62.3 Å². The number of benzene rings is 1. The van der Waals surface area contributed by atoms with Crippen molar-refractivity contribution in [3.8, 4) is 0 Å². The molecule has 0 atom stereocenters. The van der Waals surface area contributed by atoms with Crippen LogP contribution >= 0.6 is 11.6 Å². The van der Waals surface area contributed by atoms with E-state index in [1.165, 1.54) is 4.57 Å². The number of para-hydroxylation sites is 2. The number of imidazole rings is 1. The maximum absolute atomic E-state index is 12.0. The highest BCUT2D eigenvalue weighted by atomic mass is 35.5. The van der Waals surface area contributed by atoms with Crippen LogP contribution in [0.5, 0.6) is 0 Å². The number of ether oxygens (including phenoxy) is 4. The third-order valence-corrected chi connectivity index (χ3v) is 3.30. The maximum Gasteiger partial charge on any atom is 0.519 e. The summed E-state index contributed by atoms with van der Waals surface area (Å²) in [6.07, 6.45) is -2.63. The highest BCUT2D eigenvalue weighted by Gasteiger charge is 2.24. The average Bonchev–Trinajstić information content (AvgIpc) is 2.85. The summed E-state index contributed by atoms with van der Waals surface area (Å²) in [4.78, 5) is 38.1. The highest BCUT2D eigenvalue weighted by molar-refractivity contribution is 6.30. The number of fused-ring (bicyclic) bond motifs is 1. The molecule has 1 aromatic heterocycles. The molecule has 178 valence electrons. The first-order valence-corrected chi connectivity index (χ1v) is 10.3. The summed E-state index contributed by atoms with van der Waals surface area (Å²) in [5.74, 6) is 0. The Morgan fingerprint density at radius 3 is 1.66 bits per heavy atom. The number of hydrogen-bond acceptors (Lipinski definition) is 8. The second-order valence-electron chi connectivity index (χ2n) is 9.72. The Morgan fingerprint density at radius 1 is 0.781 bits per heavy atom. The quantitative estimate of drug-likeness (QED) is 0.249. The smallest absolute Gasteiger partial charge is 0.443 e. The molecule has 0 bridgehead atoms. The third kappa shape index (κ3) is 10.00. The SMILES string of the molecule is CC(C)(C)OC(=O)OC(=O)OC(C)(C)C.CC(C)(C)OC(=O)n1c(Cl)nc2ccccc21. The van der Waals surface area contributed by atoms with Crippen molar-refractivity contribution in [3.05, 3.63) is 29.5 Å². The van der Waals surface area contributed by atoms with Crippen LogP contribution in [0.3, 0.4) is 0 Å². The molecule has 1 aromatic carbocycles. The van der Waals surface area contributed by atoms with E-state index in [1.807, 2.05) is 12.1 Å². The molecule has 2 aromatic rings. The molecule has 2 rings (SSSR count). The van der Waals surface area contributed by atoms with Crippen LogP contribution in [0.2, 0.25) is 5.28 Å². The second-order valence-corrected chi connectivity index (χ2v) is 10.1. The van der Waals surface area contributed by atoms with Gasteiger partial charge in [0.2, 0.25) is 5.28 Å². The summed E-state index contributed by atoms with van der Waals surface area (Å²) in [6.45, 7) is 15.4. The molecule has 0 aliphatic rings. The van der Waals surface area contributed by atoms with Crippen molar-refractivity contribution in [3.63, 3.8) is 0 Å². The molecule has 0 spiro atoms. The Kier molecular flexibility index (Phi) is 8.68. The van der Waals surface area contributed by atoms with E-state index in [2.05, 4.69) is 9.72 Å². The van der Waals surface area contributed by atoms with Crippen molar-refractivity contribution in [1.82, 2.24) is 9.55 Å². The van der Waals surface area contributed by atoms with Crippen LogP contribution in [0.25, 0.3) is 11.0 Å². The minimum Gasteiger partial charge on any atom is -0.443 e. The molecule has 0 fully saturated rings. The van der Waals surface area contributed by atoms with E-state index in [1.54, 1.807) is 74.4 Å². The van der Waals surface area contributed by atoms with E-state index in [0.717, 1.165) is 0 Å². The summed E-state index contributed by atoms with van der Waals surface area (Å²) in [6, 6.07) is 7.23. The standard InChI is InChI=1S/C12H13ClN2O2.C10H18O5/c1-12(2,3)17-11(16)15-9-7-5-4-6-8(9)14-10(15)13;1-9(2,3)14-7(11)13-8(12)15-10(4,5)6/h4-7H,1-3H3;1-6H3. The predicted molar refractivity (Wildman–Crippen MR) is 120 cm³/mol. The van der Waals surface area contributed by atoms with Crippen molar-refractivity contribution in [2.45, 2.75) is 79.1 Å². The van der Waals surface area contributed by atoms with Gasteiger partial charge < -0.3 is 18.9 Å². The summed E-state index contributed by atoms with van der Waals surface area (Å²) in [7, 11) is 0. The van der Waals surface area contributed by atoms with Crippen molar-refractivity contribution in [2.24, 2.45) is 0 Å². The predicted octanol–water partition coefficient (Wildman–Crippen LogP) is 6.35. The number of aromatic nitrogens is 2. The molecule has 10 heteroatoms. The zero-order valence-electron chi connectivity index (χ0n) is 19.9. The van der Waals surface area contributed by atoms with Gasteiger partial charge in [-0.05, 0) is 86.0 Å². The fourth-order valence-electron chi connectivity index (χ4n) is 2.09. The Morgan fingerprint density at radius 2 is 1.22 bits per heavy atom. The zero-order valence-corrected chi connectivity index (χ0v) is 20.7. The Bertz CT molecular complexity index is 937. The lowest BCUT2D eigenvalue weighted by atomic mass is 10.2. The Balaban J connectivity index is 0.000000324. The molecule has 0 aliphatic heterocycles. The van der Waals surface area contributed by atoms with Gasteiger partial charge in [-0.3, -0.25) is 0 Å². The lowest BCUT2D eigenvalue weighted by Gasteiger charge is -2.20. The van der Waals surface area contributed by atoms with Gasteiger partial charge in [0.1, 0.15) is 16.8 Å². The largest absolute Gasteiger partial charge is 0.519 e. The number of carbonyl (C=O) groups excluding carboxylic acids is 3. The first-order valence-electron chi connectivity index (χ1n) is 9.88. The fraction of sp³-hybridized carbons (Fsp3) is 0.545. The topological polar surface area (TPSA) is 106 Å². The number of rotatable bonds is 0. The molecule has 9 nitrogen and oxygen atoms in total. The van der Waals surface area contributed by atoms with Crippen LogP contribution in [0.4, 0.5) is 14.4 Å². The first kappa shape index (κ1) is 27.2. The van der Waals surface area contributed by atoms with Crippen LogP contribution in [-0.2, 0) is 18.9 Å². The molecule has 0 saturated carbocycles. The minimum absolute atomic E-state index is 0.112. The highest BCUT2D eigenvalue weighted by Crippen LogP contribution is 2.21. The lowest BCUT2D eigenvalue weighted by molar-refractivity contribution is -0.0294. The molecule has 0 unspecified atom stereocenters. The van der Waals surface area contributed by atoms with E-state index in [0.29, 0.717) is 11.0 Å². The minimum atomic E-state index is -1.06. The van der Waals surface area contributed by atoms with Crippen molar-refractivity contribution in [2.75, 3.05) is 0 Å². The number of hydrogen-bond donors (Lipinski definition) is 0. The molecule has 0 aliphatic carbocycles. The van der Waals surface area contributed by atoms with Gasteiger partial charge in [0.15, 0.2) is 0 Å². The number of nitrogens with zero attached hydrogens (tertiary/aromatic N) is 2. The van der Waals surface area contributed by atoms with Gasteiger partial charge in [-0.15, -0.1) is 0 Å². The molecule has 0 N–H and O–H groups in total. The fourth-order valence-corrected chi connectivity index (χ4v) is 2.34. The van der Waals surface area contributed by atoms with Crippen molar-refractivity contribution < 1.29 is 33.3 Å². The summed E-state index contributed by atoms with van der Waals surface area (Å²) in [5, 5.41) is 0.112. The maximum atomic E-state index is 12.0. The van der Waals surface area contributed by atoms with Crippen LogP contribution < -0.4 is 0 Å². The Hall–Kier alpha value is -2.81. The zero-order chi connectivity index (χ0) is 24.9. The van der Waals surface area contributed by atoms with Gasteiger partial charge in [-0.2, -0.15) is 0 Å².